The van der Waals surface area contributed by atoms with Crippen LogP contribution in [0.3, 0.4) is 0 Å². The number of methoxy groups -OCH3 is 2. The molecule has 40 heavy (non-hydrogen) atoms. The molecule has 2 aromatic carbocycles. The van der Waals surface area contributed by atoms with E-state index in [2.05, 4.69) is 4.74 Å². The van der Waals surface area contributed by atoms with Gasteiger partial charge in [-0.1, -0.05) is 18.2 Å². The quantitative estimate of drug-likeness (QED) is 0.250. The molecule has 2 heterocycles. The van der Waals surface area contributed by atoms with Gasteiger partial charge >= 0.3 is 16.4 Å². The van der Waals surface area contributed by atoms with Gasteiger partial charge < -0.3 is 33.2 Å². The molecule has 0 aromatic heterocycles. The summed E-state index contributed by atoms with van der Waals surface area (Å²) < 4.78 is 77.7. The SMILES string of the molecule is COC(=O)/C=C/c1ccc(O[C@H]2O[C@@H](C)[C@H]3OC(C)(C)O[C@H]3[C@@H]2OS(=O)(=O)O)c(OCc2ccc(OC)cc2)c1. The van der Waals surface area contributed by atoms with Crippen LogP contribution in [0.1, 0.15) is 31.9 Å². The predicted octanol–water partition coefficient (Wildman–Crippen LogP) is 3.29. The Kier molecular flexibility index (Phi) is 9.02. The fourth-order valence-corrected chi connectivity index (χ4v) is 4.85. The second-order valence-corrected chi connectivity index (χ2v) is 10.6. The summed E-state index contributed by atoms with van der Waals surface area (Å²) in [5.41, 5.74) is 1.43. The van der Waals surface area contributed by atoms with E-state index in [4.69, 9.17) is 32.6 Å². The Labute approximate surface area is 232 Å². The molecule has 0 amide bonds. The van der Waals surface area contributed by atoms with Crippen molar-refractivity contribution in [1.29, 1.82) is 0 Å². The third-order valence-electron chi connectivity index (χ3n) is 6.18. The van der Waals surface area contributed by atoms with Gasteiger partial charge in [-0.15, -0.1) is 0 Å². The van der Waals surface area contributed by atoms with Crippen molar-refractivity contribution < 1.29 is 55.1 Å². The third-order valence-corrected chi connectivity index (χ3v) is 6.64. The maximum Gasteiger partial charge on any atom is 0.397 e. The van der Waals surface area contributed by atoms with Gasteiger partial charge in [0.05, 0.1) is 20.3 Å². The van der Waals surface area contributed by atoms with Crippen LogP contribution in [-0.4, -0.2) is 69.7 Å². The van der Waals surface area contributed by atoms with E-state index in [0.717, 1.165) is 5.56 Å². The summed E-state index contributed by atoms with van der Waals surface area (Å²) >= 11 is 0. The summed E-state index contributed by atoms with van der Waals surface area (Å²) in [6.07, 6.45) is -2.15. The minimum Gasteiger partial charge on any atom is -0.497 e. The first-order valence-corrected chi connectivity index (χ1v) is 13.7. The molecule has 0 unspecified atom stereocenters. The zero-order valence-corrected chi connectivity index (χ0v) is 23.5. The van der Waals surface area contributed by atoms with Gasteiger partial charge in [-0.3, -0.25) is 4.55 Å². The molecule has 0 radical (unpaired) electrons. The van der Waals surface area contributed by atoms with Crippen molar-refractivity contribution in [3.8, 4) is 17.2 Å². The lowest BCUT2D eigenvalue weighted by molar-refractivity contribution is -0.237. The van der Waals surface area contributed by atoms with Crippen molar-refractivity contribution in [3.63, 3.8) is 0 Å². The first kappa shape index (κ1) is 29.8. The molecule has 2 saturated heterocycles. The van der Waals surface area contributed by atoms with Crippen molar-refractivity contribution in [2.45, 2.75) is 63.9 Å². The number of carbonyl (C=O) groups is 1. The number of carbonyl (C=O) groups excluding carboxylic acids is 1. The lowest BCUT2D eigenvalue weighted by Gasteiger charge is -2.39. The number of hydrogen-bond acceptors (Lipinski definition) is 11. The highest BCUT2D eigenvalue weighted by Gasteiger charge is 2.56. The van der Waals surface area contributed by atoms with Gasteiger partial charge in [0.25, 0.3) is 0 Å². The van der Waals surface area contributed by atoms with Gasteiger partial charge in [-0.25, -0.2) is 8.98 Å². The van der Waals surface area contributed by atoms with Gasteiger partial charge in [0, 0.05) is 6.08 Å². The Morgan fingerprint density at radius 1 is 1.05 bits per heavy atom. The Balaban J connectivity index is 1.63. The maximum absolute atomic E-state index is 11.7. The number of fused-ring (bicyclic) bond motifs is 1. The average molecular weight is 581 g/mol. The summed E-state index contributed by atoms with van der Waals surface area (Å²) in [5.74, 6) is -0.455. The van der Waals surface area contributed by atoms with Gasteiger partial charge in [-0.05, 0) is 62.2 Å². The van der Waals surface area contributed by atoms with Crippen molar-refractivity contribution >= 4 is 22.4 Å². The fraction of sp³-hybridized carbons (Fsp3) is 0.444. The molecule has 0 aliphatic carbocycles. The van der Waals surface area contributed by atoms with Crippen LogP contribution in [0, 0.1) is 0 Å². The lowest BCUT2D eigenvalue weighted by Crippen LogP contribution is -2.58. The number of esters is 1. The average Bonchev–Trinajstić information content (AvgIpc) is 3.24. The topological polar surface area (TPSA) is 145 Å². The van der Waals surface area contributed by atoms with Crippen LogP contribution in [-0.2, 0) is 44.9 Å². The summed E-state index contributed by atoms with van der Waals surface area (Å²) in [4.78, 5) is 11.6. The number of ether oxygens (including phenoxy) is 7. The van der Waals surface area contributed by atoms with Crippen LogP contribution in [0.15, 0.2) is 48.5 Å². The Morgan fingerprint density at radius 3 is 2.40 bits per heavy atom. The van der Waals surface area contributed by atoms with E-state index in [9.17, 15) is 17.8 Å². The first-order valence-electron chi connectivity index (χ1n) is 12.4. The fourth-order valence-electron chi connectivity index (χ4n) is 4.37. The minimum atomic E-state index is -4.92. The smallest absolute Gasteiger partial charge is 0.397 e. The van der Waals surface area contributed by atoms with Gasteiger partial charge in [0.1, 0.15) is 24.6 Å². The molecular weight excluding hydrogens is 548 g/mol. The molecule has 0 saturated carbocycles. The minimum absolute atomic E-state index is 0.146. The molecule has 5 atom stereocenters. The summed E-state index contributed by atoms with van der Waals surface area (Å²) in [7, 11) is -2.08. The molecule has 1 N–H and O–H groups in total. The van der Waals surface area contributed by atoms with Crippen LogP contribution in [0.25, 0.3) is 6.08 Å². The van der Waals surface area contributed by atoms with Gasteiger partial charge in [0.15, 0.2) is 23.4 Å². The van der Waals surface area contributed by atoms with Gasteiger partial charge in [0.2, 0.25) is 6.29 Å². The predicted molar refractivity (Wildman–Crippen MR) is 140 cm³/mol. The standard InChI is InChI=1S/C27H32O12S/c1-16-23-24(38-27(2,3)37-23)25(39-40(29,30)31)26(35-16)36-20-12-8-17(9-13-22(28)33-5)14-21(20)34-15-18-6-10-19(32-4)11-7-18/h6-14,16,23-26H,15H2,1-5H3,(H,29,30,31)/b13-9+/t16-,23+,24+,25-,26+/m0/s1. The summed E-state index contributed by atoms with van der Waals surface area (Å²) in [6.45, 7) is 5.21. The zero-order valence-electron chi connectivity index (χ0n) is 22.6. The number of hydrogen-bond donors (Lipinski definition) is 1. The second-order valence-electron chi connectivity index (χ2n) is 9.58. The molecule has 12 nitrogen and oxygen atoms in total. The highest BCUT2D eigenvalue weighted by molar-refractivity contribution is 7.80. The Morgan fingerprint density at radius 2 is 1.75 bits per heavy atom. The largest absolute Gasteiger partial charge is 0.497 e. The van der Waals surface area contributed by atoms with E-state index in [1.807, 2.05) is 12.1 Å². The van der Waals surface area contributed by atoms with Crippen molar-refractivity contribution in [3.05, 3.63) is 59.7 Å². The highest BCUT2D eigenvalue weighted by Crippen LogP contribution is 2.41. The van der Waals surface area contributed by atoms with Crippen LogP contribution in [0.5, 0.6) is 17.2 Å². The second kappa shape index (κ2) is 12.1. The van der Waals surface area contributed by atoms with Crippen LogP contribution in [0.4, 0.5) is 0 Å². The third kappa shape index (κ3) is 7.50. The molecule has 0 bridgehead atoms. The molecular formula is C27H32O12S. The van der Waals surface area contributed by atoms with Gasteiger partial charge in [-0.2, -0.15) is 8.42 Å². The molecule has 4 rings (SSSR count). The van der Waals surface area contributed by atoms with E-state index in [1.165, 1.54) is 19.3 Å². The summed E-state index contributed by atoms with van der Waals surface area (Å²) in [5, 5.41) is 0. The Bertz CT molecular complexity index is 1320. The van der Waals surface area contributed by atoms with Crippen LogP contribution in [0.2, 0.25) is 0 Å². The zero-order chi connectivity index (χ0) is 29.1. The van der Waals surface area contributed by atoms with E-state index in [0.29, 0.717) is 11.3 Å². The van der Waals surface area contributed by atoms with Crippen LogP contribution < -0.4 is 14.2 Å². The van der Waals surface area contributed by atoms with Crippen molar-refractivity contribution in [2.75, 3.05) is 14.2 Å². The van der Waals surface area contributed by atoms with E-state index in [-0.39, 0.29) is 18.1 Å². The van der Waals surface area contributed by atoms with Crippen molar-refractivity contribution in [1.82, 2.24) is 0 Å². The molecule has 2 fully saturated rings. The molecule has 0 spiro atoms. The van der Waals surface area contributed by atoms with E-state index in [1.54, 1.807) is 58.2 Å². The normalized spacial score (nSPS) is 25.8. The summed E-state index contributed by atoms with van der Waals surface area (Å²) in [6, 6.07) is 12.1. The van der Waals surface area contributed by atoms with Crippen LogP contribution >= 0.6 is 0 Å². The monoisotopic (exact) mass is 580 g/mol. The van der Waals surface area contributed by atoms with Crippen molar-refractivity contribution in [2.24, 2.45) is 0 Å². The molecule has 2 aliphatic heterocycles. The van der Waals surface area contributed by atoms with E-state index < -0.39 is 52.9 Å². The molecule has 2 aromatic rings. The molecule has 2 aliphatic rings. The number of rotatable bonds is 10. The molecule has 13 heteroatoms. The maximum atomic E-state index is 11.7. The first-order chi connectivity index (χ1) is 18.9. The number of benzene rings is 2. The van der Waals surface area contributed by atoms with E-state index >= 15 is 0 Å². The highest BCUT2D eigenvalue weighted by atomic mass is 32.3. The molecule has 218 valence electrons. The Hall–Kier alpha value is -3.20. The lowest BCUT2D eigenvalue weighted by atomic mass is 10.00.